The minimum atomic E-state index is -0.258. The molecule has 28 heavy (non-hydrogen) atoms. The topological polar surface area (TPSA) is 70.7 Å². The number of amides is 1. The number of aryl methyl sites for hydroxylation is 1. The molecule has 0 fully saturated rings. The van der Waals surface area contributed by atoms with Crippen molar-refractivity contribution in [3.63, 3.8) is 0 Å². The van der Waals surface area contributed by atoms with E-state index in [2.05, 4.69) is 47.1 Å². The molecule has 0 radical (unpaired) electrons. The molecule has 5 heteroatoms. The number of carbonyl (C=O) groups excluding carboxylic acids is 1. The van der Waals surface area contributed by atoms with Gasteiger partial charge in [0, 0.05) is 12.1 Å². The van der Waals surface area contributed by atoms with E-state index in [1.807, 2.05) is 6.07 Å². The average Bonchev–Trinajstić information content (AvgIpc) is 2.90. The summed E-state index contributed by atoms with van der Waals surface area (Å²) in [7, 11) is 0. The lowest BCUT2D eigenvalue weighted by Gasteiger charge is -2.09. The summed E-state index contributed by atoms with van der Waals surface area (Å²) in [6.07, 6.45) is 4.11. The second-order valence-corrected chi connectivity index (χ2v) is 7.17. The fourth-order valence-corrected chi connectivity index (χ4v) is 3.70. The molecule has 0 saturated carbocycles. The summed E-state index contributed by atoms with van der Waals surface area (Å²) in [5.41, 5.74) is 4.62. The Labute approximate surface area is 164 Å². The number of benzene rings is 2. The van der Waals surface area contributed by atoms with Crippen molar-refractivity contribution < 1.29 is 4.79 Å². The lowest BCUT2D eigenvalue weighted by Crippen LogP contribution is -2.16. The van der Waals surface area contributed by atoms with E-state index >= 15 is 0 Å². The van der Waals surface area contributed by atoms with Crippen LogP contribution in [0.1, 0.15) is 46.6 Å². The zero-order valence-corrected chi connectivity index (χ0v) is 15.9. The Kier molecular flexibility index (Phi) is 4.94. The van der Waals surface area contributed by atoms with Crippen LogP contribution in [0, 0.1) is 18.3 Å². The van der Waals surface area contributed by atoms with E-state index < -0.39 is 0 Å². The standard InChI is InChI=1S/C23H22N4O/c1-16-10-12-17(13-11-16)22-26-21(20-9-3-2-6-14-27(20)22)23(28)25-19-8-5-4-7-18(19)15-24/h4-5,7-8,10-13H,2-3,6,9,14H2,1H3,(H,25,28). The molecular weight excluding hydrogens is 348 g/mol. The van der Waals surface area contributed by atoms with Crippen LogP contribution in [-0.4, -0.2) is 15.5 Å². The molecule has 4 rings (SSSR count). The molecule has 0 unspecified atom stereocenters. The van der Waals surface area contributed by atoms with Gasteiger partial charge in [-0.25, -0.2) is 4.98 Å². The van der Waals surface area contributed by atoms with Crippen molar-refractivity contribution in [2.45, 2.75) is 39.2 Å². The van der Waals surface area contributed by atoms with Crippen LogP contribution in [0.5, 0.6) is 0 Å². The Balaban J connectivity index is 1.75. The first-order valence-electron chi connectivity index (χ1n) is 9.64. The Morgan fingerprint density at radius 3 is 2.68 bits per heavy atom. The molecule has 0 bridgehead atoms. The zero-order chi connectivity index (χ0) is 19.5. The molecule has 0 saturated heterocycles. The number of para-hydroxylation sites is 1. The molecule has 2 heterocycles. The molecule has 0 atom stereocenters. The number of nitrogens with zero attached hydrogens (tertiary/aromatic N) is 3. The second kappa shape index (κ2) is 7.69. The van der Waals surface area contributed by atoms with Gasteiger partial charge in [-0.05, 0) is 38.3 Å². The Hall–Kier alpha value is -3.39. The van der Waals surface area contributed by atoms with Crippen molar-refractivity contribution >= 4 is 11.6 Å². The van der Waals surface area contributed by atoms with Gasteiger partial charge in [0.2, 0.25) is 0 Å². The highest BCUT2D eigenvalue weighted by Crippen LogP contribution is 2.28. The summed E-state index contributed by atoms with van der Waals surface area (Å²) < 4.78 is 2.20. The molecule has 1 N–H and O–H groups in total. The number of hydrogen-bond donors (Lipinski definition) is 1. The van der Waals surface area contributed by atoms with Crippen molar-refractivity contribution in [3.8, 4) is 17.5 Å². The number of anilines is 1. The van der Waals surface area contributed by atoms with E-state index in [1.54, 1.807) is 18.2 Å². The minimum absolute atomic E-state index is 0.258. The van der Waals surface area contributed by atoms with E-state index in [-0.39, 0.29) is 5.91 Å². The van der Waals surface area contributed by atoms with Crippen LogP contribution in [0.3, 0.4) is 0 Å². The molecule has 140 valence electrons. The van der Waals surface area contributed by atoms with Gasteiger partial charge in [-0.1, -0.05) is 48.4 Å². The van der Waals surface area contributed by atoms with Gasteiger partial charge >= 0.3 is 0 Å². The van der Waals surface area contributed by atoms with E-state index in [0.29, 0.717) is 16.9 Å². The number of aromatic nitrogens is 2. The molecule has 1 aromatic heterocycles. The van der Waals surface area contributed by atoms with Crippen molar-refractivity contribution in [2.75, 3.05) is 5.32 Å². The fraction of sp³-hybridized carbons (Fsp3) is 0.261. The SMILES string of the molecule is Cc1ccc(-c2nc(C(=O)Nc3ccccc3C#N)c3n2CCCCC3)cc1. The number of rotatable bonds is 3. The van der Waals surface area contributed by atoms with E-state index in [9.17, 15) is 10.1 Å². The zero-order valence-electron chi connectivity index (χ0n) is 15.9. The number of nitriles is 1. The quantitative estimate of drug-likeness (QED) is 0.726. The minimum Gasteiger partial charge on any atom is -0.327 e. The molecule has 1 aliphatic heterocycles. The third-order valence-corrected chi connectivity index (χ3v) is 5.19. The van der Waals surface area contributed by atoms with Crippen LogP contribution in [0.4, 0.5) is 5.69 Å². The van der Waals surface area contributed by atoms with Gasteiger partial charge in [0.05, 0.1) is 16.9 Å². The molecule has 0 aliphatic carbocycles. The molecule has 1 aliphatic rings. The van der Waals surface area contributed by atoms with Gasteiger partial charge in [0.15, 0.2) is 0 Å². The maximum Gasteiger partial charge on any atom is 0.276 e. The summed E-state index contributed by atoms with van der Waals surface area (Å²) in [5, 5.41) is 12.2. The number of nitrogens with one attached hydrogen (secondary N) is 1. The first-order chi connectivity index (χ1) is 13.7. The molecule has 3 aromatic rings. The van der Waals surface area contributed by atoms with Gasteiger partial charge in [-0.15, -0.1) is 0 Å². The number of fused-ring (bicyclic) bond motifs is 1. The highest BCUT2D eigenvalue weighted by Gasteiger charge is 2.24. The highest BCUT2D eigenvalue weighted by molar-refractivity contribution is 6.04. The largest absolute Gasteiger partial charge is 0.327 e. The predicted molar refractivity (Wildman–Crippen MR) is 109 cm³/mol. The highest BCUT2D eigenvalue weighted by atomic mass is 16.1. The van der Waals surface area contributed by atoms with Crippen molar-refractivity contribution in [1.29, 1.82) is 5.26 Å². The lowest BCUT2D eigenvalue weighted by molar-refractivity contribution is 0.102. The molecule has 2 aromatic carbocycles. The summed E-state index contributed by atoms with van der Waals surface area (Å²) in [4.78, 5) is 17.8. The van der Waals surface area contributed by atoms with Crippen LogP contribution in [0.25, 0.3) is 11.4 Å². The van der Waals surface area contributed by atoms with Crippen LogP contribution in [0.2, 0.25) is 0 Å². The number of imidazole rings is 1. The van der Waals surface area contributed by atoms with Crippen LogP contribution >= 0.6 is 0 Å². The molecule has 1 amide bonds. The van der Waals surface area contributed by atoms with Gasteiger partial charge in [0.1, 0.15) is 17.6 Å². The maximum absolute atomic E-state index is 13.1. The van der Waals surface area contributed by atoms with Crippen LogP contribution < -0.4 is 5.32 Å². The van der Waals surface area contributed by atoms with Gasteiger partial charge in [0.25, 0.3) is 5.91 Å². The van der Waals surface area contributed by atoms with Crippen molar-refractivity contribution in [3.05, 3.63) is 71.0 Å². The number of carbonyl (C=O) groups is 1. The van der Waals surface area contributed by atoms with Crippen LogP contribution in [-0.2, 0) is 13.0 Å². The monoisotopic (exact) mass is 370 g/mol. The van der Waals surface area contributed by atoms with Gasteiger partial charge in [-0.2, -0.15) is 5.26 Å². The summed E-state index contributed by atoms with van der Waals surface area (Å²) >= 11 is 0. The smallest absolute Gasteiger partial charge is 0.276 e. The molecule has 5 nitrogen and oxygen atoms in total. The van der Waals surface area contributed by atoms with E-state index in [4.69, 9.17) is 4.98 Å². The Morgan fingerprint density at radius 2 is 1.89 bits per heavy atom. The van der Waals surface area contributed by atoms with E-state index in [0.717, 1.165) is 49.3 Å². The average molecular weight is 370 g/mol. The fourth-order valence-electron chi connectivity index (χ4n) is 3.70. The van der Waals surface area contributed by atoms with Gasteiger partial charge in [-0.3, -0.25) is 4.79 Å². The Bertz CT molecular complexity index is 1060. The normalized spacial score (nSPS) is 13.3. The second-order valence-electron chi connectivity index (χ2n) is 7.17. The summed E-state index contributed by atoms with van der Waals surface area (Å²) in [5.74, 6) is 0.585. The molecular formula is C23H22N4O. The van der Waals surface area contributed by atoms with Crippen molar-refractivity contribution in [1.82, 2.24) is 9.55 Å². The van der Waals surface area contributed by atoms with Gasteiger partial charge < -0.3 is 9.88 Å². The lowest BCUT2D eigenvalue weighted by atomic mass is 10.1. The Morgan fingerprint density at radius 1 is 1.11 bits per heavy atom. The van der Waals surface area contributed by atoms with Crippen molar-refractivity contribution in [2.24, 2.45) is 0 Å². The predicted octanol–water partition coefficient (Wildman–Crippen LogP) is 4.71. The first-order valence-corrected chi connectivity index (χ1v) is 9.64. The maximum atomic E-state index is 13.1. The first kappa shape index (κ1) is 18.0. The number of hydrogen-bond acceptors (Lipinski definition) is 3. The van der Waals surface area contributed by atoms with Crippen LogP contribution in [0.15, 0.2) is 48.5 Å². The van der Waals surface area contributed by atoms with E-state index in [1.165, 1.54) is 5.56 Å². The third kappa shape index (κ3) is 3.41. The summed E-state index contributed by atoms with van der Waals surface area (Å²) in [6, 6.07) is 17.4. The third-order valence-electron chi connectivity index (χ3n) is 5.19. The molecule has 0 spiro atoms. The summed E-state index contributed by atoms with van der Waals surface area (Å²) in [6.45, 7) is 2.93.